The van der Waals surface area contributed by atoms with Crippen LogP contribution < -0.4 is 15.2 Å². The Kier molecular flexibility index (Phi) is 5.16. The van der Waals surface area contributed by atoms with Gasteiger partial charge in [0.15, 0.2) is 0 Å². The lowest BCUT2D eigenvalue weighted by atomic mass is 10.0. The molecule has 0 saturated carbocycles. The van der Waals surface area contributed by atoms with Crippen LogP contribution in [-0.2, 0) is 19.5 Å². The van der Waals surface area contributed by atoms with Crippen molar-refractivity contribution in [2.24, 2.45) is 0 Å². The zero-order valence-electron chi connectivity index (χ0n) is 16.2. The molecule has 0 amide bonds. The monoisotopic (exact) mass is 368 g/mol. The van der Waals surface area contributed by atoms with E-state index < -0.39 is 0 Å². The van der Waals surface area contributed by atoms with E-state index in [0.29, 0.717) is 6.04 Å². The second-order valence-electron chi connectivity index (χ2n) is 7.66. The van der Waals surface area contributed by atoms with Crippen LogP contribution in [0.2, 0.25) is 0 Å². The van der Waals surface area contributed by atoms with Crippen molar-refractivity contribution in [2.75, 3.05) is 25.1 Å². The minimum atomic E-state index is 0.0388. The van der Waals surface area contributed by atoms with Crippen LogP contribution in [-0.4, -0.2) is 41.1 Å². The standard InChI is InChI=1S/C21H28N4O2/c1-15-5-3-4-11-25(15)21-22-19-14-24(12-10-18(19)20(26)23-21)13-16-6-8-17(27-2)9-7-16/h6-9,15H,3-5,10-14H2,1-2H3,(H,22,23,26)/t15-/m1/s1. The molecule has 4 rings (SSSR count). The summed E-state index contributed by atoms with van der Waals surface area (Å²) >= 11 is 0. The van der Waals surface area contributed by atoms with Crippen LogP contribution >= 0.6 is 0 Å². The smallest absolute Gasteiger partial charge is 0.255 e. The van der Waals surface area contributed by atoms with Gasteiger partial charge in [-0.3, -0.25) is 14.7 Å². The number of aromatic nitrogens is 2. The van der Waals surface area contributed by atoms with Crippen LogP contribution in [0.5, 0.6) is 5.75 Å². The average molecular weight is 368 g/mol. The number of piperidine rings is 1. The molecule has 0 radical (unpaired) electrons. The Morgan fingerprint density at radius 2 is 2.04 bits per heavy atom. The zero-order chi connectivity index (χ0) is 18.8. The number of nitrogens with one attached hydrogen (secondary N) is 1. The summed E-state index contributed by atoms with van der Waals surface area (Å²) < 4.78 is 5.23. The second kappa shape index (κ2) is 7.72. The number of ether oxygens (including phenoxy) is 1. The van der Waals surface area contributed by atoms with E-state index in [9.17, 15) is 4.79 Å². The van der Waals surface area contributed by atoms with Gasteiger partial charge < -0.3 is 9.64 Å². The summed E-state index contributed by atoms with van der Waals surface area (Å²) in [6.07, 6.45) is 4.32. The fourth-order valence-corrected chi connectivity index (χ4v) is 4.15. The molecule has 2 aliphatic heterocycles. The highest BCUT2D eigenvalue weighted by Crippen LogP contribution is 2.23. The van der Waals surface area contributed by atoms with Crippen molar-refractivity contribution in [3.8, 4) is 5.75 Å². The first-order chi connectivity index (χ1) is 13.1. The third-order valence-corrected chi connectivity index (χ3v) is 5.78. The summed E-state index contributed by atoms with van der Waals surface area (Å²) in [5, 5.41) is 0. The average Bonchev–Trinajstić information content (AvgIpc) is 2.68. The molecule has 144 valence electrons. The van der Waals surface area contributed by atoms with Crippen molar-refractivity contribution in [1.82, 2.24) is 14.9 Å². The Labute approximate surface area is 160 Å². The lowest BCUT2D eigenvalue weighted by Crippen LogP contribution is -2.41. The molecule has 0 aliphatic carbocycles. The van der Waals surface area contributed by atoms with Crippen LogP contribution in [0.4, 0.5) is 5.95 Å². The van der Waals surface area contributed by atoms with Gasteiger partial charge in [-0.15, -0.1) is 0 Å². The highest BCUT2D eigenvalue weighted by atomic mass is 16.5. The lowest BCUT2D eigenvalue weighted by Gasteiger charge is -2.35. The van der Waals surface area contributed by atoms with Crippen LogP contribution in [0.25, 0.3) is 0 Å². The van der Waals surface area contributed by atoms with E-state index in [1.54, 1.807) is 7.11 Å². The van der Waals surface area contributed by atoms with E-state index in [1.807, 2.05) is 12.1 Å². The van der Waals surface area contributed by atoms with Crippen molar-refractivity contribution in [1.29, 1.82) is 0 Å². The number of H-pyrrole nitrogens is 1. The molecule has 27 heavy (non-hydrogen) atoms. The van der Waals surface area contributed by atoms with Crippen LogP contribution in [0, 0.1) is 0 Å². The van der Waals surface area contributed by atoms with E-state index in [4.69, 9.17) is 9.72 Å². The number of fused-ring (bicyclic) bond motifs is 1. The number of aromatic amines is 1. The summed E-state index contributed by atoms with van der Waals surface area (Å²) in [6.45, 7) is 5.64. The summed E-state index contributed by atoms with van der Waals surface area (Å²) in [5.74, 6) is 1.62. The van der Waals surface area contributed by atoms with Gasteiger partial charge in [-0.1, -0.05) is 12.1 Å². The minimum Gasteiger partial charge on any atom is -0.497 e. The van der Waals surface area contributed by atoms with Gasteiger partial charge in [0.05, 0.1) is 12.8 Å². The highest BCUT2D eigenvalue weighted by molar-refractivity contribution is 5.36. The first-order valence-corrected chi connectivity index (χ1v) is 9.88. The van der Waals surface area contributed by atoms with E-state index in [2.05, 4.69) is 33.8 Å². The van der Waals surface area contributed by atoms with Gasteiger partial charge >= 0.3 is 0 Å². The fraction of sp³-hybridized carbons (Fsp3) is 0.524. The van der Waals surface area contributed by atoms with Gasteiger partial charge in [0, 0.05) is 37.8 Å². The molecule has 6 nitrogen and oxygen atoms in total. The molecule has 1 fully saturated rings. The number of anilines is 1. The molecular weight excluding hydrogens is 340 g/mol. The normalized spacial score (nSPS) is 20.4. The van der Waals surface area contributed by atoms with Gasteiger partial charge in [-0.2, -0.15) is 0 Å². The molecular formula is C21H28N4O2. The SMILES string of the molecule is COc1ccc(CN2CCc3c(nc(N4CCCC[C@H]4C)[nH]c3=O)C2)cc1. The van der Waals surface area contributed by atoms with E-state index in [1.165, 1.54) is 12.0 Å². The number of benzene rings is 1. The number of hydrogen-bond donors (Lipinski definition) is 1. The fourth-order valence-electron chi connectivity index (χ4n) is 4.15. The predicted molar refractivity (Wildman–Crippen MR) is 106 cm³/mol. The number of nitrogens with zero attached hydrogens (tertiary/aromatic N) is 3. The van der Waals surface area contributed by atoms with Gasteiger partial charge in [0.1, 0.15) is 5.75 Å². The molecule has 6 heteroatoms. The molecule has 0 spiro atoms. The van der Waals surface area contributed by atoms with Gasteiger partial charge in [0.2, 0.25) is 5.95 Å². The summed E-state index contributed by atoms with van der Waals surface area (Å²) in [7, 11) is 1.68. The Morgan fingerprint density at radius 1 is 1.22 bits per heavy atom. The molecule has 1 aromatic carbocycles. The predicted octanol–water partition coefficient (Wildman–Crippen LogP) is 2.72. The first-order valence-electron chi connectivity index (χ1n) is 9.88. The summed E-state index contributed by atoms with van der Waals surface area (Å²) in [4.78, 5) is 25.1. The lowest BCUT2D eigenvalue weighted by molar-refractivity contribution is 0.240. The molecule has 1 saturated heterocycles. The number of methoxy groups -OCH3 is 1. The molecule has 0 unspecified atom stereocenters. The summed E-state index contributed by atoms with van der Waals surface area (Å²) in [5.41, 5.74) is 3.08. The molecule has 2 aromatic rings. The van der Waals surface area contributed by atoms with Crippen LogP contribution in [0.1, 0.15) is 43.0 Å². The maximum Gasteiger partial charge on any atom is 0.255 e. The van der Waals surface area contributed by atoms with Gasteiger partial charge in [-0.25, -0.2) is 4.98 Å². The Bertz CT molecular complexity index is 846. The molecule has 2 aliphatic rings. The quantitative estimate of drug-likeness (QED) is 0.899. The highest BCUT2D eigenvalue weighted by Gasteiger charge is 2.25. The topological polar surface area (TPSA) is 61.5 Å². The van der Waals surface area contributed by atoms with Gasteiger partial charge in [-0.05, 0) is 50.3 Å². The van der Waals surface area contributed by atoms with E-state index in [-0.39, 0.29) is 5.56 Å². The van der Waals surface area contributed by atoms with Crippen molar-refractivity contribution in [3.05, 3.63) is 51.4 Å². The van der Waals surface area contributed by atoms with E-state index in [0.717, 1.165) is 68.4 Å². The van der Waals surface area contributed by atoms with Gasteiger partial charge in [0.25, 0.3) is 5.56 Å². The molecule has 1 atom stereocenters. The molecule has 1 aromatic heterocycles. The molecule has 3 heterocycles. The maximum atomic E-state index is 12.6. The van der Waals surface area contributed by atoms with Crippen LogP contribution in [0.15, 0.2) is 29.1 Å². The number of hydrogen-bond acceptors (Lipinski definition) is 5. The van der Waals surface area contributed by atoms with Crippen molar-refractivity contribution in [2.45, 2.75) is 51.7 Å². The van der Waals surface area contributed by atoms with Crippen molar-refractivity contribution >= 4 is 5.95 Å². The van der Waals surface area contributed by atoms with Crippen molar-refractivity contribution < 1.29 is 4.74 Å². The number of rotatable bonds is 4. The van der Waals surface area contributed by atoms with Crippen LogP contribution in [0.3, 0.4) is 0 Å². The zero-order valence-corrected chi connectivity index (χ0v) is 16.2. The van der Waals surface area contributed by atoms with Crippen molar-refractivity contribution in [3.63, 3.8) is 0 Å². The molecule has 1 N–H and O–H groups in total. The largest absolute Gasteiger partial charge is 0.497 e. The minimum absolute atomic E-state index is 0.0388. The summed E-state index contributed by atoms with van der Waals surface area (Å²) in [6, 6.07) is 8.61. The Balaban J connectivity index is 1.53. The Morgan fingerprint density at radius 3 is 2.78 bits per heavy atom. The third-order valence-electron chi connectivity index (χ3n) is 5.78. The Hall–Kier alpha value is -2.34. The maximum absolute atomic E-state index is 12.6. The second-order valence-corrected chi connectivity index (χ2v) is 7.66. The molecule has 0 bridgehead atoms. The third kappa shape index (κ3) is 3.86. The van der Waals surface area contributed by atoms with E-state index >= 15 is 0 Å². The first kappa shape index (κ1) is 18.0.